The minimum absolute atomic E-state index is 0.0472. The molecule has 4 aromatic rings. The molecular formula is C21H18FN3O3S. The molecule has 0 radical (unpaired) electrons. The van der Waals surface area contributed by atoms with E-state index >= 15 is 0 Å². The Kier molecular flexibility index (Phi) is 5.02. The van der Waals surface area contributed by atoms with Crippen LogP contribution in [-0.4, -0.2) is 20.1 Å². The molecule has 0 saturated heterocycles. The third kappa shape index (κ3) is 3.84. The van der Waals surface area contributed by atoms with Crippen LogP contribution >= 0.6 is 11.3 Å². The van der Waals surface area contributed by atoms with Crippen LogP contribution in [0.2, 0.25) is 0 Å². The summed E-state index contributed by atoms with van der Waals surface area (Å²) >= 11 is 1.66. The van der Waals surface area contributed by atoms with Gasteiger partial charge in [0.1, 0.15) is 12.4 Å². The van der Waals surface area contributed by atoms with Gasteiger partial charge in [-0.05, 0) is 55.6 Å². The number of hydrogen-bond acceptors (Lipinski definition) is 5. The maximum Gasteiger partial charge on any atom is 0.437 e. The van der Waals surface area contributed by atoms with E-state index in [4.69, 9.17) is 4.42 Å². The van der Waals surface area contributed by atoms with Crippen LogP contribution in [0.25, 0.3) is 11.5 Å². The topological polar surface area (TPSA) is 70.0 Å². The number of hydrogen-bond donors (Lipinski definition) is 0. The summed E-state index contributed by atoms with van der Waals surface area (Å²) in [5, 5.41) is 6.10. The first-order valence-corrected chi connectivity index (χ1v) is 9.86. The van der Waals surface area contributed by atoms with E-state index in [0.717, 1.165) is 16.1 Å². The van der Waals surface area contributed by atoms with Crippen molar-refractivity contribution in [3.05, 3.63) is 86.0 Å². The molecule has 0 bridgehead atoms. The number of carbonyl (C=O) groups is 1. The van der Waals surface area contributed by atoms with Crippen LogP contribution in [0.5, 0.6) is 0 Å². The average Bonchev–Trinajstić information content (AvgIpc) is 3.40. The van der Waals surface area contributed by atoms with Gasteiger partial charge in [0.05, 0.1) is 6.54 Å². The monoisotopic (exact) mass is 411 g/mol. The predicted molar refractivity (Wildman–Crippen MR) is 108 cm³/mol. The maximum atomic E-state index is 13.1. The third-order valence-electron chi connectivity index (χ3n) is 4.76. The fourth-order valence-electron chi connectivity index (χ4n) is 3.22. The van der Waals surface area contributed by atoms with Gasteiger partial charge < -0.3 is 8.98 Å². The van der Waals surface area contributed by atoms with Crippen molar-refractivity contribution in [2.45, 2.75) is 26.9 Å². The predicted octanol–water partition coefficient (Wildman–Crippen LogP) is 4.05. The zero-order chi connectivity index (χ0) is 20.5. The van der Waals surface area contributed by atoms with E-state index in [1.807, 2.05) is 31.4 Å². The fraction of sp³-hybridized carbons (Fsp3) is 0.190. The van der Waals surface area contributed by atoms with Gasteiger partial charge in [-0.25, -0.2) is 9.18 Å². The van der Waals surface area contributed by atoms with Gasteiger partial charge in [0.2, 0.25) is 5.89 Å². The summed E-state index contributed by atoms with van der Waals surface area (Å²) in [5.41, 5.74) is 2.83. The molecule has 6 nitrogen and oxygen atoms in total. The first kappa shape index (κ1) is 19.1. The molecule has 0 aliphatic heterocycles. The molecule has 0 spiro atoms. The maximum absolute atomic E-state index is 13.1. The van der Waals surface area contributed by atoms with E-state index in [1.54, 1.807) is 11.3 Å². The second-order valence-electron chi connectivity index (χ2n) is 6.71. The van der Waals surface area contributed by atoms with Gasteiger partial charge >= 0.3 is 5.76 Å². The molecule has 1 aromatic carbocycles. The molecule has 0 N–H and O–H groups in total. The number of aromatic nitrogens is 3. The van der Waals surface area contributed by atoms with Crippen molar-refractivity contribution in [1.82, 2.24) is 14.3 Å². The van der Waals surface area contributed by atoms with E-state index in [0.29, 0.717) is 17.7 Å². The lowest BCUT2D eigenvalue weighted by atomic mass is 10.1. The summed E-state index contributed by atoms with van der Waals surface area (Å²) in [6, 6.07) is 11.3. The van der Waals surface area contributed by atoms with Crippen LogP contribution in [0.1, 0.15) is 26.6 Å². The number of aryl methyl sites for hydroxylation is 1. The highest BCUT2D eigenvalue weighted by Gasteiger charge is 2.19. The van der Waals surface area contributed by atoms with E-state index in [1.165, 1.54) is 29.1 Å². The Bertz CT molecular complexity index is 1220. The first-order valence-electron chi connectivity index (χ1n) is 8.98. The Morgan fingerprint density at radius 1 is 1.21 bits per heavy atom. The molecule has 4 rings (SSSR count). The van der Waals surface area contributed by atoms with Gasteiger partial charge in [-0.1, -0.05) is 6.07 Å². The second-order valence-corrected chi connectivity index (χ2v) is 7.74. The molecule has 0 aliphatic rings. The van der Waals surface area contributed by atoms with E-state index in [2.05, 4.69) is 15.7 Å². The molecule has 0 saturated carbocycles. The number of nitrogens with zero attached hydrogens (tertiary/aromatic N) is 3. The Morgan fingerprint density at radius 3 is 2.66 bits per heavy atom. The highest BCUT2D eigenvalue weighted by molar-refractivity contribution is 7.09. The molecule has 8 heteroatoms. The summed E-state index contributed by atoms with van der Waals surface area (Å²) in [7, 11) is 0. The number of benzene rings is 1. The molecule has 0 amide bonds. The Labute approximate surface area is 169 Å². The number of ketones is 1. The smallest absolute Gasteiger partial charge is 0.388 e. The van der Waals surface area contributed by atoms with Crippen molar-refractivity contribution in [1.29, 1.82) is 0 Å². The van der Waals surface area contributed by atoms with Crippen molar-refractivity contribution in [3.63, 3.8) is 0 Å². The molecular weight excluding hydrogens is 393 g/mol. The number of rotatable bonds is 6. The van der Waals surface area contributed by atoms with Crippen molar-refractivity contribution in [3.8, 4) is 11.5 Å². The molecule has 3 aromatic heterocycles. The molecule has 148 valence electrons. The quantitative estimate of drug-likeness (QED) is 0.449. The van der Waals surface area contributed by atoms with Gasteiger partial charge in [0, 0.05) is 27.4 Å². The highest BCUT2D eigenvalue weighted by Crippen LogP contribution is 2.20. The second kappa shape index (κ2) is 7.63. The SMILES string of the molecule is Cc1cc(C(=O)Cn2nc(-c3ccc(F)cc3)oc2=O)c(C)n1Cc1cccs1. The molecule has 0 unspecified atom stereocenters. The summed E-state index contributed by atoms with van der Waals surface area (Å²) in [6.07, 6.45) is 0. The normalized spacial score (nSPS) is 11.1. The largest absolute Gasteiger partial charge is 0.437 e. The van der Waals surface area contributed by atoms with Crippen LogP contribution in [0.3, 0.4) is 0 Å². The summed E-state index contributed by atoms with van der Waals surface area (Å²) in [6.45, 7) is 4.31. The van der Waals surface area contributed by atoms with E-state index < -0.39 is 11.6 Å². The van der Waals surface area contributed by atoms with Crippen molar-refractivity contribution in [2.24, 2.45) is 0 Å². The van der Waals surface area contributed by atoms with Gasteiger partial charge in [-0.3, -0.25) is 4.79 Å². The minimum atomic E-state index is -0.731. The molecule has 0 aliphatic carbocycles. The standard InChI is InChI=1S/C21H18FN3O3S/c1-13-10-18(14(2)24(13)11-17-4-3-9-29-17)19(26)12-25-21(27)28-20(23-25)15-5-7-16(22)8-6-15/h3-10H,11-12H2,1-2H3. The number of halogens is 1. The van der Waals surface area contributed by atoms with Gasteiger partial charge in [-0.2, -0.15) is 4.68 Å². The molecule has 29 heavy (non-hydrogen) atoms. The first-order chi connectivity index (χ1) is 13.9. The zero-order valence-corrected chi connectivity index (χ0v) is 16.7. The number of thiophene rings is 1. The van der Waals surface area contributed by atoms with Crippen LogP contribution in [0.4, 0.5) is 4.39 Å². The van der Waals surface area contributed by atoms with Crippen LogP contribution in [0, 0.1) is 19.7 Å². The summed E-state index contributed by atoms with van der Waals surface area (Å²) in [4.78, 5) is 26.2. The van der Waals surface area contributed by atoms with Crippen molar-refractivity contribution in [2.75, 3.05) is 0 Å². The van der Waals surface area contributed by atoms with Crippen molar-refractivity contribution >= 4 is 17.1 Å². The van der Waals surface area contributed by atoms with E-state index in [9.17, 15) is 14.0 Å². The third-order valence-corrected chi connectivity index (χ3v) is 5.62. The lowest BCUT2D eigenvalue weighted by Gasteiger charge is -2.08. The van der Waals surface area contributed by atoms with Crippen LogP contribution in [-0.2, 0) is 13.1 Å². The zero-order valence-electron chi connectivity index (χ0n) is 15.9. The molecule has 0 fully saturated rings. The van der Waals surface area contributed by atoms with Gasteiger partial charge in [0.25, 0.3) is 0 Å². The summed E-state index contributed by atoms with van der Waals surface area (Å²) in [5.74, 6) is -1.31. The van der Waals surface area contributed by atoms with Gasteiger partial charge in [0.15, 0.2) is 5.78 Å². The van der Waals surface area contributed by atoms with Crippen LogP contribution in [0.15, 0.2) is 57.1 Å². The van der Waals surface area contributed by atoms with Crippen molar-refractivity contribution < 1.29 is 13.6 Å². The van der Waals surface area contributed by atoms with Gasteiger partial charge in [-0.15, -0.1) is 16.4 Å². The lowest BCUT2D eigenvalue weighted by molar-refractivity contribution is 0.0964. The fourth-order valence-corrected chi connectivity index (χ4v) is 3.91. The van der Waals surface area contributed by atoms with E-state index in [-0.39, 0.29) is 18.2 Å². The molecule has 0 atom stereocenters. The lowest BCUT2D eigenvalue weighted by Crippen LogP contribution is -2.22. The summed E-state index contributed by atoms with van der Waals surface area (Å²) < 4.78 is 21.3. The Balaban J connectivity index is 1.57. The highest BCUT2D eigenvalue weighted by atomic mass is 32.1. The minimum Gasteiger partial charge on any atom is -0.388 e. The number of Topliss-reactive ketones (excluding diaryl/α,β-unsaturated/α-hetero) is 1. The average molecular weight is 411 g/mol. The van der Waals surface area contributed by atoms with Crippen LogP contribution < -0.4 is 5.76 Å². The Morgan fingerprint density at radius 2 is 1.97 bits per heavy atom. The Hall–Kier alpha value is -3.26. The molecule has 3 heterocycles. The number of carbonyl (C=O) groups excluding carboxylic acids is 1.